The highest BCUT2D eigenvalue weighted by molar-refractivity contribution is 5.90. The number of fused-ring (bicyclic) bond motifs is 4. The van der Waals surface area contributed by atoms with Crippen LogP contribution < -0.4 is 10.6 Å². The molecule has 4 aliphatic rings. The molecule has 39 heavy (non-hydrogen) atoms. The minimum absolute atomic E-state index is 0.0105. The maximum atomic E-state index is 11.8. The molecular formula is C32H44N6O. The van der Waals surface area contributed by atoms with E-state index in [0.29, 0.717) is 5.92 Å². The molecule has 0 bridgehead atoms. The van der Waals surface area contributed by atoms with Gasteiger partial charge in [-0.05, 0) is 105 Å². The van der Waals surface area contributed by atoms with Crippen LogP contribution in [-0.2, 0) is 30.7 Å². The molecule has 2 heterocycles. The minimum Gasteiger partial charge on any atom is -0.345 e. The molecular weight excluding hydrogens is 484 g/mol. The molecule has 2 unspecified atom stereocenters. The third kappa shape index (κ3) is 5.62. The van der Waals surface area contributed by atoms with Gasteiger partial charge >= 0.3 is 0 Å². The van der Waals surface area contributed by atoms with Crippen LogP contribution in [-0.4, -0.2) is 58.0 Å². The lowest BCUT2D eigenvalue weighted by Crippen LogP contribution is -2.43. The van der Waals surface area contributed by atoms with Gasteiger partial charge in [-0.25, -0.2) is 4.68 Å². The van der Waals surface area contributed by atoms with Crippen LogP contribution in [0.1, 0.15) is 75.0 Å². The second-order valence-electron chi connectivity index (χ2n) is 12.1. The Balaban J connectivity index is 1.08. The summed E-state index contributed by atoms with van der Waals surface area (Å²) in [5.41, 5.74) is 9.28. The number of carbonyl (C=O) groups excluding carboxylic acids is 1. The molecule has 208 valence electrons. The summed E-state index contributed by atoms with van der Waals surface area (Å²) in [5.74, 6) is 0.336. The van der Waals surface area contributed by atoms with E-state index in [0.717, 1.165) is 63.4 Å². The van der Waals surface area contributed by atoms with Gasteiger partial charge in [-0.1, -0.05) is 49.6 Å². The zero-order valence-corrected chi connectivity index (χ0v) is 23.7. The Labute approximate surface area is 232 Å². The van der Waals surface area contributed by atoms with Crippen LogP contribution in [0.4, 0.5) is 0 Å². The Bertz CT molecular complexity index is 1300. The second kappa shape index (κ2) is 11.8. The molecule has 1 saturated carbocycles. The van der Waals surface area contributed by atoms with E-state index in [2.05, 4.69) is 62.7 Å². The fraction of sp³-hybridized carbons (Fsp3) is 0.594. The molecule has 7 nitrogen and oxygen atoms in total. The van der Waals surface area contributed by atoms with E-state index in [1.165, 1.54) is 71.9 Å². The summed E-state index contributed by atoms with van der Waals surface area (Å²) in [4.78, 5) is 14.4. The number of aryl methyl sites for hydroxylation is 2. The highest BCUT2D eigenvalue weighted by atomic mass is 16.1. The van der Waals surface area contributed by atoms with Crippen molar-refractivity contribution in [1.29, 1.82) is 0 Å². The number of carbonyl (C=O) groups is 1. The van der Waals surface area contributed by atoms with Crippen molar-refractivity contribution in [2.24, 2.45) is 5.92 Å². The summed E-state index contributed by atoms with van der Waals surface area (Å²) in [7, 11) is 2.30. The average molecular weight is 529 g/mol. The minimum atomic E-state index is 0.0105. The molecule has 0 saturated heterocycles. The Kier molecular flexibility index (Phi) is 7.98. The van der Waals surface area contributed by atoms with Crippen LogP contribution in [0.25, 0.3) is 11.0 Å². The zero-order valence-electron chi connectivity index (χ0n) is 23.7. The summed E-state index contributed by atoms with van der Waals surface area (Å²) in [6.45, 7) is 6.00. The average Bonchev–Trinajstić information content (AvgIpc) is 3.60. The third-order valence-corrected chi connectivity index (χ3v) is 9.47. The van der Waals surface area contributed by atoms with Gasteiger partial charge in [0.2, 0.25) is 5.91 Å². The second-order valence-corrected chi connectivity index (χ2v) is 12.1. The van der Waals surface area contributed by atoms with Crippen molar-refractivity contribution in [3.63, 3.8) is 0 Å². The summed E-state index contributed by atoms with van der Waals surface area (Å²) < 4.78 is 2.18. The fourth-order valence-electron chi connectivity index (χ4n) is 7.25. The van der Waals surface area contributed by atoms with Gasteiger partial charge in [-0.3, -0.25) is 4.79 Å². The van der Waals surface area contributed by atoms with E-state index in [4.69, 9.17) is 0 Å². The first-order valence-corrected chi connectivity index (χ1v) is 15.3. The number of hydrogen-bond acceptors (Lipinski definition) is 5. The first-order valence-electron chi connectivity index (χ1n) is 15.3. The normalized spacial score (nSPS) is 23.1. The van der Waals surface area contributed by atoms with E-state index in [1.54, 1.807) is 6.08 Å². The zero-order chi connectivity index (χ0) is 26.8. The van der Waals surface area contributed by atoms with Gasteiger partial charge in [0.15, 0.2) is 0 Å². The summed E-state index contributed by atoms with van der Waals surface area (Å²) >= 11 is 0. The van der Waals surface area contributed by atoms with Gasteiger partial charge in [0.1, 0.15) is 5.52 Å². The van der Waals surface area contributed by atoms with Crippen LogP contribution in [0.3, 0.4) is 0 Å². The van der Waals surface area contributed by atoms with Crippen molar-refractivity contribution in [3.8, 4) is 0 Å². The van der Waals surface area contributed by atoms with Gasteiger partial charge < -0.3 is 15.5 Å². The summed E-state index contributed by atoms with van der Waals surface area (Å²) in [5, 5.41) is 16.1. The van der Waals surface area contributed by atoms with Crippen molar-refractivity contribution in [2.45, 2.75) is 96.3 Å². The SMILES string of the molecule is CC1C=CC(CCNCc2cc3nnn(CCCN(C)C4CCCCC4)c3c3c2CCC3)=C2C=CC(=O)NC21. The first kappa shape index (κ1) is 26.5. The lowest BCUT2D eigenvalue weighted by Gasteiger charge is -2.31. The van der Waals surface area contributed by atoms with Crippen molar-refractivity contribution < 1.29 is 4.79 Å². The van der Waals surface area contributed by atoms with E-state index in [-0.39, 0.29) is 11.9 Å². The number of benzene rings is 1. The summed E-state index contributed by atoms with van der Waals surface area (Å²) in [6, 6.07) is 3.15. The maximum absolute atomic E-state index is 11.8. The number of nitrogens with one attached hydrogen (secondary N) is 2. The number of aromatic nitrogens is 3. The van der Waals surface area contributed by atoms with Gasteiger partial charge in [-0.2, -0.15) is 0 Å². The fourth-order valence-corrected chi connectivity index (χ4v) is 7.25. The van der Waals surface area contributed by atoms with E-state index in [1.807, 2.05) is 6.08 Å². The first-order chi connectivity index (χ1) is 19.1. The number of nitrogens with zero attached hydrogens (tertiary/aromatic N) is 4. The van der Waals surface area contributed by atoms with Crippen LogP contribution in [0.15, 0.2) is 41.5 Å². The molecule has 0 spiro atoms. The maximum Gasteiger partial charge on any atom is 0.244 e. The van der Waals surface area contributed by atoms with E-state index >= 15 is 0 Å². The van der Waals surface area contributed by atoms with Gasteiger partial charge in [0, 0.05) is 25.2 Å². The van der Waals surface area contributed by atoms with Gasteiger partial charge in [0.25, 0.3) is 0 Å². The van der Waals surface area contributed by atoms with E-state index < -0.39 is 0 Å². The highest BCUT2D eigenvalue weighted by Crippen LogP contribution is 2.33. The predicted octanol–water partition coefficient (Wildman–Crippen LogP) is 4.61. The molecule has 1 fully saturated rings. The van der Waals surface area contributed by atoms with Gasteiger partial charge in [0.05, 0.1) is 11.6 Å². The molecule has 0 radical (unpaired) electrons. The number of allylic oxidation sites excluding steroid dienone is 1. The Morgan fingerprint density at radius 1 is 1.10 bits per heavy atom. The van der Waals surface area contributed by atoms with Crippen molar-refractivity contribution >= 4 is 16.9 Å². The summed E-state index contributed by atoms with van der Waals surface area (Å²) in [6.07, 6.45) is 20.6. The highest BCUT2D eigenvalue weighted by Gasteiger charge is 2.28. The van der Waals surface area contributed by atoms with Crippen molar-refractivity contribution in [3.05, 3.63) is 58.2 Å². The Morgan fingerprint density at radius 3 is 2.82 bits per heavy atom. The molecule has 2 atom stereocenters. The quantitative estimate of drug-likeness (QED) is 0.441. The molecule has 2 aromatic rings. The van der Waals surface area contributed by atoms with Crippen LogP contribution in [0, 0.1) is 5.92 Å². The molecule has 1 aromatic heterocycles. The monoisotopic (exact) mass is 528 g/mol. The lowest BCUT2D eigenvalue weighted by atomic mass is 9.83. The topological polar surface area (TPSA) is 75.1 Å². The molecule has 7 heteroatoms. The number of amides is 1. The van der Waals surface area contributed by atoms with Crippen LogP contribution in [0.5, 0.6) is 0 Å². The Hall–Kier alpha value is -2.77. The Morgan fingerprint density at radius 2 is 1.95 bits per heavy atom. The molecule has 1 aliphatic heterocycles. The van der Waals surface area contributed by atoms with Crippen molar-refractivity contribution in [1.82, 2.24) is 30.5 Å². The number of rotatable bonds is 10. The van der Waals surface area contributed by atoms with Crippen LogP contribution >= 0.6 is 0 Å². The molecule has 6 rings (SSSR count). The smallest absolute Gasteiger partial charge is 0.244 e. The van der Waals surface area contributed by atoms with Crippen LogP contribution in [0.2, 0.25) is 0 Å². The van der Waals surface area contributed by atoms with Gasteiger partial charge in [-0.15, -0.1) is 5.10 Å². The third-order valence-electron chi connectivity index (χ3n) is 9.47. The molecule has 1 amide bonds. The predicted molar refractivity (Wildman–Crippen MR) is 156 cm³/mol. The van der Waals surface area contributed by atoms with E-state index in [9.17, 15) is 4.79 Å². The lowest BCUT2D eigenvalue weighted by molar-refractivity contribution is -0.117. The standard InChI is InChI=1S/C32H44N6O/c1-22-12-13-23(27-14-15-30(39)34-31(22)27)16-17-33-21-24-20-29-32(28-11-6-10-26(24)28)38(36-35-29)19-7-18-37(2)25-8-4-3-5-9-25/h12-15,20,22,25,31,33H,3-11,16-19,21H2,1-2H3,(H,34,39). The largest absolute Gasteiger partial charge is 0.345 e. The van der Waals surface area contributed by atoms with Crippen molar-refractivity contribution in [2.75, 3.05) is 20.1 Å². The molecule has 3 aliphatic carbocycles. The number of hydrogen-bond donors (Lipinski definition) is 2. The molecule has 2 N–H and O–H groups in total. The molecule has 1 aromatic carbocycles.